The van der Waals surface area contributed by atoms with Gasteiger partial charge in [0.05, 0.1) is 12.8 Å². The van der Waals surface area contributed by atoms with Crippen LogP contribution in [0, 0.1) is 5.82 Å². The summed E-state index contributed by atoms with van der Waals surface area (Å²) >= 11 is 1.42. The summed E-state index contributed by atoms with van der Waals surface area (Å²) in [5.74, 6) is -0.313. The Hall–Kier alpha value is -2.99. The summed E-state index contributed by atoms with van der Waals surface area (Å²) in [6.07, 6.45) is 2.36. The van der Waals surface area contributed by atoms with E-state index in [0.717, 1.165) is 16.8 Å². The minimum atomic E-state index is -0.428. The molecular weight excluding hydrogens is 375 g/mol. The molecule has 0 aliphatic rings. The van der Waals surface area contributed by atoms with Gasteiger partial charge >= 0.3 is 0 Å². The molecule has 0 bridgehead atoms. The average Bonchev–Trinajstić information content (AvgIpc) is 3.21. The number of carbonyl (C=O) groups is 1. The number of hydrogen-bond acceptors (Lipinski definition) is 4. The molecule has 3 aromatic rings. The van der Waals surface area contributed by atoms with Gasteiger partial charge < -0.3 is 4.74 Å². The van der Waals surface area contributed by atoms with Gasteiger partial charge in [0.25, 0.3) is 0 Å². The summed E-state index contributed by atoms with van der Waals surface area (Å²) in [4.78, 5) is 19.0. The van der Waals surface area contributed by atoms with E-state index in [1.807, 2.05) is 35.7 Å². The topological polar surface area (TPSA) is 42.4 Å². The number of rotatable bonds is 8. The zero-order valence-electron chi connectivity index (χ0n) is 15.6. The highest BCUT2D eigenvalue weighted by atomic mass is 32.1. The zero-order valence-corrected chi connectivity index (χ0v) is 16.4. The summed E-state index contributed by atoms with van der Waals surface area (Å²) in [5.41, 5.74) is 2.58. The van der Waals surface area contributed by atoms with Crippen molar-refractivity contribution in [3.05, 3.63) is 77.9 Å². The first kappa shape index (κ1) is 19.8. The second kappa shape index (κ2) is 9.28. The molecule has 0 spiro atoms. The third kappa shape index (κ3) is 4.64. The van der Waals surface area contributed by atoms with Crippen LogP contribution in [0.25, 0.3) is 11.3 Å². The highest BCUT2D eigenvalue weighted by molar-refractivity contribution is 7.14. The molecule has 0 radical (unpaired) electrons. The zero-order chi connectivity index (χ0) is 19.9. The Bertz CT molecular complexity index is 956. The molecule has 1 aromatic heterocycles. The van der Waals surface area contributed by atoms with E-state index in [4.69, 9.17) is 4.74 Å². The summed E-state index contributed by atoms with van der Waals surface area (Å²) in [7, 11) is 1.42. The number of carbonyl (C=O) groups excluding carboxylic acids is 1. The van der Waals surface area contributed by atoms with Crippen LogP contribution in [0.3, 0.4) is 0 Å². The fourth-order valence-electron chi connectivity index (χ4n) is 2.80. The fraction of sp³-hybridized carbons (Fsp3) is 0.182. The molecule has 6 heteroatoms. The molecule has 1 heterocycles. The van der Waals surface area contributed by atoms with E-state index in [-0.39, 0.29) is 18.1 Å². The van der Waals surface area contributed by atoms with Gasteiger partial charge in [0.15, 0.2) is 16.7 Å². The Labute approximate surface area is 167 Å². The lowest BCUT2D eigenvalue weighted by molar-refractivity contribution is -0.118. The molecule has 0 aliphatic carbocycles. The molecule has 0 aliphatic heterocycles. The van der Waals surface area contributed by atoms with E-state index in [1.165, 1.54) is 24.5 Å². The van der Waals surface area contributed by atoms with Crippen LogP contribution in [0.4, 0.5) is 9.52 Å². The predicted molar refractivity (Wildman–Crippen MR) is 111 cm³/mol. The van der Waals surface area contributed by atoms with Crippen molar-refractivity contribution in [2.24, 2.45) is 0 Å². The van der Waals surface area contributed by atoms with Gasteiger partial charge in [0.1, 0.15) is 0 Å². The maximum Gasteiger partial charge on any atom is 0.229 e. The van der Waals surface area contributed by atoms with Gasteiger partial charge in [-0.05, 0) is 24.1 Å². The number of hydrogen-bond donors (Lipinski definition) is 0. The van der Waals surface area contributed by atoms with E-state index >= 15 is 0 Å². The summed E-state index contributed by atoms with van der Waals surface area (Å²) in [6.45, 7) is 4.11. The number of ether oxygens (including phenoxy) is 1. The van der Waals surface area contributed by atoms with Crippen molar-refractivity contribution >= 4 is 22.4 Å². The molecule has 0 saturated heterocycles. The molecule has 4 nitrogen and oxygen atoms in total. The molecule has 28 heavy (non-hydrogen) atoms. The Balaban J connectivity index is 1.71. The van der Waals surface area contributed by atoms with Crippen LogP contribution in [-0.2, 0) is 11.2 Å². The second-order valence-corrected chi connectivity index (χ2v) is 6.98. The molecular formula is C22H21FN2O2S. The number of aromatic nitrogens is 1. The van der Waals surface area contributed by atoms with E-state index in [9.17, 15) is 9.18 Å². The molecule has 2 aromatic carbocycles. The van der Waals surface area contributed by atoms with Crippen molar-refractivity contribution < 1.29 is 13.9 Å². The van der Waals surface area contributed by atoms with Gasteiger partial charge in [-0.25, -0.2) is 9.37 Å². The monoisotopic (exact) mass is 396 g/mol. The maximum absolute atomic E-state index is 13.8. The van der Waals surface area contributed by atoms with E-state index < -0.39 is 5.82 Å². The normalized spacial score (nSPS) is 10.5. The number of aryl methyl sites for hydroxylation is 1. The van der Waals surface area contributed by atoms with Crippen LogP contribution in [0.5, 0.6) is 5.75 Å². The van der Waals surface area contributed by atoms with Crippen molar-refractivity contribution in [2.75, 3.05) is 18.6 Å². The highest BCUT2D eigenvalue weighted by Crippen LogP contribution is 2.28. The number of nitrogens with zero attached hydrogens (tertiary/aromatic N) is 2. The SMILES string of the molecule is C=CCN(C(=O)CCc1ccc(OC)c(F)c1)c1nc(-c2ccccc2)cs1. The summed E-state index contributed by atoms with van der Waals surface area (Å²) in [5, 5.41) is 2.57. The van der Waals surface area contributed by atoms with Crippen molar-refractivity contribution in [3.8, 4) is 17.0 Å². The Kier molecular flexibility index (Phi) is 6.55. The summed E-state index contributed by atoms with van der Waals surface area (Å²) in [6, 6.07) is 14.6. The quantitative estimate of drug-likeness (QED) is 0.497. The lowest BCUT2D eigenvalue weighted by atomic mass is 10.1. The third-order valence-electron chi connectivity index (χ3n) is 4.25. The number of methoxy groups -OCH3 is 1. The highest BCUT2D eigenvalue weighted by Gasteiger charge is 2.18. The lowest BCUT2D eigenvalue weighted by Crippen LogP contribution is -2.31. The van der Waals surface area contributed by atoms with Gasteiger partial charge in [-0.15, -0.1) is 17.9 Å². The first-order valence-electron chi connectivity index (χ1n) is 8.87. The number of anilines is 1. The molecule has 0 saturated carbocycles. The van der Waals surface area contributed by atoms with E-state index in [2.05, 4.69) is 11.6 Å². The minimum Gasteiger partial charge on any atom is -0.494 e. The predicted octanol–water partition coefficient (Wildman–Crippen LogP) is 5.11. The largest absolute Gasteiger partial charge is 0.494 e. The van der Waals surface area contributed by atoms with Gasteiger partial charge in [0.2, 0.25) is 5.91 Å². The Morgan fingerprint density at radius 2 is 2.07 bits per heavy atom. The number of thiazole rings is 1. The van der Waals surface area contributed by atoms with Crippen molar-refractivity contribution in [1.29, 1.82) is 0 Å². The van der Waals surface area contributed by atoms with Crippen molar-refractivity contribution in [3.63, 3.8) is 0 Å². The van der Waals surface area contributed by atoms with Gasteiger partial charge in [0, 0.05) is 23.9 Å². The van der Waals surface area contributed by atoms with Crippen LogP contribution >= 0.6 is 11.3 Å². The molecule has 3 rings (SSSR count). The Morgan fingerprint density at radius 1 is 1.29 bits per heavy atom. The molecule has 0 N–H and O–H groups in total. The molecule has 1 amide bonds. The smallest absolute Gasteiger partial charge is 0.229 e. The summed E-state index contributed by atoms with van der Waals surface area (Å²) < 4.78 is 18.8. The average molecular weight is 396 g/mol. The van der Waals surface area contributed by atoms with Crippen LogP contribution in [0.15, 0.2) is 66.6 Å². The fourth-order valence-corrected chi connectivity index (χ4v) is 3.66. The van der Waals surface area contributed by atoms with Crippen LogP contribution in [-0.4, -0.2) is 24.5 Å². The van der Waals surface area contributed by atoms with E-state index in [0.29, 0.717) is 18.1 Å². The molecule has 0 fully saturated rings. The lowest BCUT2D eigenvalue weighted by Gasteiger charge is -2.18. The first-order valence-corrected chi connectivity index (χ1v) is 9.75. The third-order valence-corrected chi connectivity index (χ3v) is 5.11. The van der Waals surface area contributed by atoms with Gasteiger partial charge in [-0.3, -0.25) is 9.69 Å². The van der Waals surface area contributed by atoms with Crippen LogP contribution < -0.4 is 9.64 Å². The molecule has 0 atom stereocenters. The van der Waals surface area contributed by atoms with Crippen molar-refractivity contribution in [2.45, 2.75) is 12.8 Å². The van der Waals surface area contributed by atoms with Crippen LogP contribution in [0.2, 0.25) is 0 Å². The first-order chi connectivity index (χ1) is 13.6. The number of amides is 1. The second-order valence-electron chi connectivity index (χ2n) is 6.14. The van der Waals surface area contributed by atoms with E-state index in [1.54, 1.807) is 23.1 Å². The van der Waals surface area contributed by atoms with Crippen LogP contribution in [0.1, 0.15) is 12.0 Å². The molecule has 0 unspecified atom stereocenters. The van der Waals surface area contributed by atoms with Gasteiger partial charge in [-0.1, -0.05) is 42.5 Å². The van der Waals surface area contributed by atoms with Crippen molar-refractivity contribution in [1.82, 2.24) is 4.98 Å². The molecule has 144 valence electrons. The van der Waals surface area contributed by atoms with Gasteiger partial charge in [-0.2, -0.15) is 0 Å². The maximum atomic E-state index is 13.8. The standard InChI is InChI=1S/C22H21FN2O2S/c1-3-13-25(22-24-19(15-28-22)17-7-5-4-6-8-17)21(26)12-10-16-9-11-20(27-2)18(23)14-16/h3-9,11,14-15H,1,10,12-13H2,2H3. The minimum absolute atomic E-state index is 0.0786. The number of benzene rings is 2. The number of halogens is 1. The Morgan fingerprint density at radius 3 is 2.75 bits per heavy atom.